The van der Waals surface area contributed by atoms with Crippen LogP contribution in [0.3, 0.4) is 0 Å². The number of hydrogen-bond donors (Lipinski definition) is 2. The maximum atomic E-state index is 12.1. The Balaban J connectivity index is 2.31. The van der Waals surface area contributed by atoms with Gasteiger partial charge < -0.3 is 19.2 Å². The van der Waals surface area contributed by atoms with Crippen molar-refractivity contribution in [2.24, 2.45) is 5.14 Å². The van der Waals surface area contributed by atoms with E-state index in [-0.39, 0.29) is 11.4 Å². The van der Waals surface area contributed by atoms with Gasteiger partial charge in [0.25, 0.3) is 15.9 Å². The molecule has 124 valence electrons. The average Bonchev–Trinajstić information content (AvgIpc) is 2.98. The molecule has 2 rings (SSSR count). The van der Waals surface area contributed by atoms with Crippen molar-refractivity contribution < 1.29 is 27.1 Å². The highest BCUT2D eigenvalue weighted by Crippen LogP contribution is 2.36. The molecule has 1 aromatic heterocycles. The summed E-state index contributed by atoms with van der Waals surface area (Å²) in [6.45, 7) is 0. The van der Waals surface area contributed by atoms with Gasteiger partial charge in [0.1, 0.15) is 11.5 Å². The van der Waals surface area contributed by atoms with Crippen molar-refractivity contribution in [3.8, 4) is 11.5 Å². The van der Waals surface area contributed by atoms with E-state index in [1.165, 1.54) is 32.4 Å². The highest BCUT2D eigenvalue weighted by molar-refractivity contribution is 7.89. The summed E-state index contributed by atoms with van der Waals surface area (Å²) in [5, 5.41) is 7.22. The van der Waals surface area contributed by atoms with Crippen molar-refractivity contribution in [1.82, 2.24) is 0 Å². The Morgan fingerprint density at radius 1 is 1.22 bits per heavy atom. The Labute approximate surface area is 137 Å². The Bertz CT molecular complexity index is 846. The monoisotopic (exact) mass is 360 g/mol. The number of rotatable bonds is 5. The summed E-state index contributed by atoms with van der Waals surface area (Å²) in [6.07, 6.45) is 0. The zero-order valence-corrected chi connectivity index (χ0v) is 13.7. The van der Waals surface area contributed by atoms with E-state index >= 15 is 0 Å². The number of methoxy groups -OCH3 is 2. The van der Waals surface area contributed by atoms with Gasteiger partial charge in [0.15, 0.2) is 5.76 Å². The van der Waals surface area contributed by atoms with Crippen LogP contribution in [-0.4, -0.2) is 28.5 Å². The number of nitrogens with one attached hydrogen (secondary N) is 1. The summed E-state index contributed by atoms with van der Waals surface area (Å²) >= 11 is 5.97. The van der Waals surface area contributed by atoms with E-state index < -0.39 is 21.0 Å². The first-order chi connectivity index (χ1) is 10.8. The number of halogens is 1. The number of primary sulfonamides is 1. The summed E-state index contributed by atoms with van der Waals surface area (Å²) in [5.74, 6) is -0.303. The SMILES string of the molecule is COc1cc(NC(=O)c2ccc(S(N)(=O)=O)o2)c(OC)cc1Cl. The van der Waals surface area contributed by atoms with Gasteiger partial charge in [-0.25, -0.2) is 13.6 Å². The number of sulfonamides is 1. The van der Waals surface area contributed by atoms with Crippen molar-refractivity contribution in [3.05, 3.63) is 35.0 Å². The molecule has 0 radical (unpaired) electrons. The summed E-state index contributed by atoms with van der Waals surface area (Å²) in [4.78, 5) is 12.1. The fourth-order valence-corrected chi connectivity index (χ4v) is 2.43. The van der Waals surface area contributed by atoms with Crippen molar-refractivity contribution in [2.75, 3.05) is 19.5 Å². The molecular weight excluding hydrogens is 348 g/mol. The Hall–Kier alpha value is -2.23. The third-order valence-corrected chi connectivity index (χ3v) is 3.88. The normalized spacial score (nSPS) is 11.1. The molecule has 10 heteroatoms. The third-order valence-electron chi connectivity index (χ3n) is 2.81. The number of carbonyl (C=O) groups excluding carboxylic acids is 1. The van der Waals surface area contributed by atoms with Gasteiger partial charge >= 0.3 is 0 Å². The van der Waals surface area contributed by atoms with E-state index in [4.69, 9.17) is 30.6 Å². The summed E-state index contributed by atoms with van der Waals surface area (Å²) in [5.41, 5.74) is 0.271. The van der Waals surface area contributed by atoms with Crippen molar-refractivity contribution in [1.29, 1.82) is 0 Å². The molecule has 0 aliphatic carbocycles. The molecule has 1 heterocycles. The second kappa shape index (κ2) is 6.49. The predicted molar refractivity (Wildman–Crippen MR) is 82.6 cm³/mol. The Kier molecular flexibility index (Phi) is 4.83. The first kappa shape index (κ1) is 17.1. The molecular formula is C13H13ClN2O6S. The van der Waals surface area contributed by atoms with Crippen LogP contribution in [0.1, 0.15) is 10.6 Å². The lowest BCUT2D eigenvalue weighted by atomic mass is 10.2. The van der Waals surface area contributed by atoms with E-state index in [9.17, 15) is 13.2 Å². The van der Waals surface area contributed by atoms with Crippen LogP contribution in [-0.2, 0) is 10.0 Å². The Morgan fingerprint density at radius 2 is 1.87 bits per heavy atom. The van der Waals surface area contributed by atoms with Gasteiger partial charge in [-0.15, -0.1) is 0 Å². The summed E-state index contributed by atoms with van der Waals surface area (Å²) < 4.78 is 37.4. The second-order valence-electron chi connectivity index (χ2n) is 4.30. The van der Waals surface area contributed by atoms with Gasteiger partial charge in [-0.3, -0.25) is 4.79 Å². The van der Waals surface area contributed by atoms with Gasteiger partial charge in [0.2, 0.25) is 5.09 Å². The van der Waals surface area contributed by atoms with Crippen molar-refractivity contribution >= 4 is 33.2 Å². The maximum absolute atomic E-state index is 12.1. The molecule has 0 bridgehead atoms. The first-order valence-corrected chi connectivity index (χ1v) is 8.04. The van der Waals surface area contributed by atoms with Gasteiger partial charge in [-0.1, -0.05) is 11.6 Å². The number of anilines is 1. The lowest BCUT2D eigenvalue weighted by Gasteiger charge is -2.12. The largest absolute Gasteiger partial charge is 0.495 e. The van der Waals surface area contributed by atoms with Crippen LogP contribution in [0.15, 0.2) is 33.8 Å². The zero-order chi connectivity index (χ0) is 17.2. The predicted octanol–water partition coefficient (Wildman–Crippen LogP) is 1.85. The molecule has 8 nitrogen and oxygen atoms in total. The van der Waals surface area contributed by atoms with E-state index in [2.05, 4.69) is 5.32 Å². The van der Waals surface area contributed by atoms with Crippen LogP contribution < -0.4 is 19.9 Å². The summed E-state index contributed by atoms with van der Waals surface area (Å²) in [7, 11) is -1.20. The van der Waals surface area contributed by atoms with Crippen LogP contribution in [0, 0.1) is 0 Å². The number of ether oxygens (including phenoxy) is 2. The molecule has 0 aliphatic rings. The number of hydrogen-bond acceptors (Lipinski definition) is 6. The van der Waals surface area contributed by atoms with Crippen LogP contribution in [0.25, 0.3) is 0 Å². The number of nitrogens with two attached hydrogens (primary N) is 1. The van der Waals surface area contributed by atoms with E-state index in [0.29, 0.717) is 16.5 Å². The summed E-state index contributed by atoms with van der Waals surface area (Å²) in [6, 6.07) is 5.20. The molecule has 0 saturated carbocycles. The Morgan fingerprint density at radius 3 is 2.39 bits per heavy atom. The quantitative estimate of drug-likeness (QED) is 0.839. The van der Waals surface area contributed by atoms with Gasteiger partial charge in [-0.05, 0) is 12.1 Å². The molecule has 0 fully saturated rings. The third kappa shape index (κ3) is 3.76. The minimum atomic E-state index is -4.03. The molecule has 0 aliphatic heterocycles. The highest BCUT2D eigenvalue weighted by Gasteiger charge is 2.19. The molecule has 0 saturated heterocycles. The minimum Gasteiger partial charge on any atom is -0.495 e. The minimum absolute atomic E-state index is 0.231. The maximum Gasteiger partial charge on any atom is 0.291 e. The highest BCUT2D eigenvalue weighted by atomic mass is 35.5. The van der Waals surface area contributed by atoms with Crippen LogP contribution in [0.2, 0.25) is 5.02 Å². The fraction of sp³-hybridized carbons (Fsp3) is 0.154. The average molecular weight is 361 g/mol. The van der Waals surface area contributed by atoms with Gasteiger partial charge in [0, 0.05) is 12.1 Å². The molecule has 23 heavy (non-hydrogen) atoms. The van der Waals surface area contributed by atoms with Crippen molar-refractivity contribution in [3.63, 3.8) is 0 Å². The molecule has 1 amide bonds. The fourth-order valence-electron chi connectivity index (χ4n) is 1.74. The molecule has 0 spiro atoms. The zero-order valence-electron chi connectivity index (χ0n) is 12.1. The van der Waals surface area contributed by atoms with E-state index in [1.807, 2.05) is 0 Å². The lowest BCUT2D eigenvalue weighted by Crippen LogP contribution is -2.13. The van der Waals surface area contributed by atoms with E-state index in [0.717, 1.165) is 6.07 Å². The standard InChI is InChI=1S/C13H13ClN2O6S/c1-20-10-6-8(11(21-2)5-7(10)14)16-13(17)9-3-4-12(22-9)23(15,18)19/h3-6H,1-2H3,(H,16,17)(H2,15,18,19). The molecule has 0 unspecified atom stereocenters. The van der Waals surface area contributed by atoms with Crippen molar-refractivity contribution in [2.45, 2.75) is 5.09 Å². The smallest absolute Gasteiger partial charge is 0.291 e. The second-order valence-corrected chi connectivity index (χ2v) is 6.20. The lowest BCUT2D eigenvalue weighted by molar-refractivity contribution is 0.0991. The number of benzene rings is 1. The number of carbonyl (C=O) groups is 1. The van der Waals surface area contributed by atoms with Crippen LogP contribution in [0.5, 0.6) is 11.5 Å². The first-order valence-electron chi connectivity index (χ1n) is 6.11. The topological polar surface area (TPSA) is 121 Å². The number of amides is 1. The molecule has 2 aromatic rings. The molecule has 0 atom stereocenters. The van der Waals surface area contributed by atoms with Crippen LogP contribution >= 0.6 is 11.6 Å². The number of furan rings is 1. The van der Waals surface area contributed by atoms with Gasteiger partial charge in [-0.2, -0.15) is 0 Å². The molecule has 3 N–H and O–H groups in total. The van der Waals surface area contributed by atoms with E-state index in [1.54, 1.807) is 0 Å². The van der Waals surface area contributed by atoms with Gasteiger partial charge in [0.05, 0.1) is 24.9 Å². The van der Waals surface area contributed by atoms with Crippen LogP contribution in [0.4, 0.5) is 5.69 Å². The molecule has 1 aromatic carbocycles.